The second kappa shape index (κ2) is 8.75. The van der Waals surface area contributed by atoms with Crippen molar-refractivity contribution in [3.8, 4) is 17.2 Å². The van der Waals surface area contributed by atoms with Gasteiger partial charge in [0.15, 0.2) is 11.5 Å². The van der Waals surface area contributed by atoms with Crippen LogP contribution in [0.4, 0.5) is 17.3 Å². The Morgan fingerprint density at radius 3 is 2.11 bits per heavy atom. The number of benzene rings is 2. The first-order valence-electron chi connectivity index (χ1n) is 8.40. The third kappa shape index (κ3) is 4.58. The van der Waals surface area contributed by atoms with Crippen molar-refractivity contribution in [3.05, 3.63) is 60.4 Å². The molecule has 3 rings (SSSR count). The minimum atomic E-state index is 0.540. The molecule has 1 heterocycles. The Morgan fingerprint density at radius 2 is 1.48 bits per heavy atom. The molecule has 0 aliphatic heterocycles. The van der Waals surface area contributed by atoms with Crippen LogP contribution in [0.15, 0.2) is 54.9 Å². The van der Waals surface area contributed by atoms with E-state index in [2.05, 4.69) is 32.7 Å². The molecule has 7 nitrogen and oxygen atoms in total. The second-order valence-electron chi connectivity index (χ2n) is 5.67. The molecule has 0 aliphatic rings. The molecule has 0 saturated carbocycles. The van der Waals surface area contributed by atoms with Gasteiger partial charge in [0.1, 0.15) is 18.0 Å². The van der Waals surface area contributed by atoms with E-state index in [4.69, 9.17) is 14.2 Å². The van der Waals surface area contributed by atoms with E-state index in [1.165, 1.54) is 11.9 Å². The maximum Gasteiger partial charge on any atom is 0.203 e. The molecule has 0 radical (unpaired) electrons. The van der Waals surface area contributed by atoms with Crippen LogP contribution < -0.4 is 24.8 Å². The van der Waals surface area contributed by atoms with E-state index in [1.807, 2.05) is 36.4 Å². The van der Waals surface area contributed by atoms with Crippen molar-refractivity contribution >= 4 is 17.3 Å². The van der Waals surface area contributed by atoms with Gasteiger partial charge in [0.25, 0.3) is 0 Å². The summed E-state index contributed by atoms with van der Waals surface area (Å²) in [5.41, 5.74) is 1.94. The SMILES string of the molecule is COc1cc(Nc2cc(NCc3ccccc3)ncn2)cc(OC)c1OC. The van der Waals surface area contributed by atoms with Gasteiger partial charge in [0, 0.05) is 30.4 Å². The number of anilines is 3. The van der Waals surface area contributed by atoms with Crippen LogP contribution in [-0.2, 0) is 6.54 Å². The molecule has 0 amide bonds. The van der Waals surface area contributed by atoms with Crippen molar-refractivity contribution in [3.63, 3.8) is 0 Å². The molecular weight excluding hydrogens is 344 g/mol. The number of methoxy groups -OCH3 is 3. The van der Waals surface area contributed by atoms with Gasteiger partial charge in [-0.1, -0.05) is 30.3 Å². The Bertz CT molecular complexity index is 862. The summed E-state index contributed by atoms with van der Waals surface area (Å²) in [6, 6.07) is 15.6. The number of nitrogens with zero attached hydrogens (tertiary/aromatic N) is 2. The molecule has 0 unspecified atom stereocenters. The van der Waals surface area contributed by atoms with Crippen LogP contribution in [0.1, 0.15) is 5.56 Å². The fourth-order valence-corrected chi connectivity index (χ4v) is 2.61. The highest BCUT2D eigenvalue weighted by atomic mass is 16.5. The molecule has 27 heavy (non-hydrogen) atoms. The number of nitrogens with one attached hydrogen (secondary N) is 2. The number of hydrogen-bond donors (Lipinski definition) is 2. The van der Waals surface area contributed by atoms with E-state index in [1.54, 1.807) is 21.3 Å². The van der Waals surface area contributed by atoms with E-state index in [9.17, 15) is 0 Å². The molecule has 140 valence electrons. The molecule has 2 N–H and O–H groups in total. The number of rotatable bonds is 8. The highest BCUT2D eigenvalue weighted by Crippen LogP contribution is 2.40. The number of ether oxygens (including phenoxy) is 3. The standard InChI is InChI=1S/C20H22N4O3/c1-25-16-9-15(10-17(26-2)20(16)27-3)24-19-11-18(22-13-23-19)21-12-14-7-5-4-6-8-14/h4-11,13H,12H2,1-3H3,(H2,21,22,23,24). The monoisotopic (exact) mass is 366 g/mol. The van der Waals surface area contributed by atoms with Gasteiger partial charge in [-0.25, -0.2) is 9.97 Å². The molecule has 0 atom stereocenters. The third-order valence-electron chi connectivity index (χ3n) is 3.92. The minimum absolute atomic E-state index is 0.540. The predicted octanol–water partition coefficient (Wildman–Crippen LogP) is 3.86. The molecule has 1 aromatic heterocycles. The van der Waals surface area contributed by atoms with Crippen molar-refractivity contribution in [2.75, 3.05) is 32.0 Å². The topological polar surface area (TPSA) is 77.5 Å². The normalized spacial score (nSPS) is 10.2. The smallest absolute Gasteiger partial charge is 0.203 e. The zero-order valence-corrected chi connectivity index (χ0v) is 15.5. The maximum atomic E-state index is 5.38. The van der Waals surface area contributed by atoms with Crippen molar-refractivity contribution < 1.29 is 14.2 Å². The lowest BCUT2D eigenvalue weighted by molar-refractivity contribution is 0.324. The second-order valence-corrected chi connectivity index (χ2v) is 5.67. The quantitative estimate of drug-likeness (QED) is 0.627. The summed E-state index contributed by atoms with van der Waals surface area (Å²) >= 11 is 0. The molecule has 0 aliphatic carbocycles. The van der Waals surface area contributed by atoms with Crippen LogP contribution in [-0.4, -0.2) is 31.3 Å². The summed E-state index contributed by atoms with van der Waals surface area (Å²) in [6.45, 7) is 0.682. The minimum Gasteiger partial charge on any atom is -0.493 e. The number of hydrogen-bond acceptors (Lipinski definition) is 7. The van der Waals surface area contributed by atoms with Crippen molar-refractivity contribution in [1.29, 1.82) is 0 Å². The van der Waals surface area contributed by atoms with E-state index >= 15 is 0 Å². The molecule has 3 aromatic rings. The van der Waals surface area contributed by atoms with Crippen LogP contribution in [0.3, 0.4) is 0 Å². The van der Waals surface area contributed by atoms with Gasteiger partial charge >= 0.3 is 0 Å². The van der Waals surface area contributed by atoms with Crippen LogP contribution in [0.2, 0.25) is 0 Å². The van der Waals surface area contributed by atoms with E-state index in [0.29, 0.717) is 29.6 Å². The largest absolute Gasteiger partial charge is 0.493 e. The summed E-state index contributed by atoms with van der Waals surface area (Å²) in [5, 5.41) is 6.53. The first kappa shape index (κ1) is 18.3. The van der Waals surface area contributed by atoms with Crippen LogP contribution >= 0.6 is 0 Å². The first-order valence-corrected chi connectivity index (χ1v) is 8.40. The first-order chi connectivity index (χ1) is 13.2. The fourth-order valence-electron chi connectivity index (χ4n) is 2.61. The van der Waals surface area contributed by atoms with Gasteiger partial charge in [0.05, 0.1) is 21.3 Å². The molecule has 0 saturated heterocycles. The fraction of sp³-hybridized carbons (Fsp3) is 0.200. The molecular formula is C20H22N4O3. The van der Waals surface area contributed by atoms with Gasteiger partial charge in [-0.2, -0.15) is 0 Å². The molecule has 0 bridgehead atoms. The zero-order chi connectivity index (χ0) is 19.1. The highest BCUT2D eigenvalue weighted by Gasteiger charge is 2.13. The lowest BCUT2D eigenvalue weighted by atomic mass is 10.2. The van der Waals surface area contributed by atoms with Gasteiger partial charge in [0.2, 0.25) is 5.75 Å². The van der Waals surface area contributed by atoms with Crippen LogP contribution in [0, 0.1) is 0 Å². The summed E-state index contributed by atoms with van der Waals surface area (Å²) in [6.07, 6.45) is 1.51. The van der Waals surface area contributed by atoms with Crippen molar-refractivity contribution in [2.45, 2.75) is 6.54 Å². The molecule has 0 spiro atoms. The van der Waals surface area contributed by atoms with E-state index in [0.717, 1.165) is 11.5 Å². The van der Waals surface area contributed by atoms with Crippen molar-refractivity contribution in [2.24, 2.45) is 0 Å². The van der Waals surface area contributed by atoms with Crippen LogP contribution in [0.25, 0.3) is 0 Å². The molecule has 0 fully saturated rings. The summed E-state index contributed by atoms with van der Waals surface area (Å²) in [5.74, 6) is 3.05. The van der Waals surface area contributed by atoms with Crippen molar-refractivity contribution in [1.82, 2.24) is 9.97 Å². The highest BCUT2D eigenvalue weighted by molar-refractivity contribution is 5.67. The van der Waals surface area contributed by atoms with Gasteiger partial charge in [-0.15, -0.1) is 0 Å². The van der Waals surface area contributed by atoms with Gasteiger partial charge in [-0.3, -0.25) is 0 Å². The molecule has 2 aromatic carbocycles. The Morgan fingerprint density at radius 1 is 0.815 bits per heavy atom. The maximum absolute atomic E-state index is 5.38. The summed E-state index contributed by atoms with van der Waals surface area (Å²) in [4.78, 5) is 8.53. The third-order valence-corrected chi connectivity index (χ3v) is 3.92. The summed E-state index contributed by atoms with van der Waals surface area (Å²) < 4.78 is 16.1. The average Bonchev–Trinajstić information content (AvgIpc) is 2.72. The van der Waals surface area contributed by atoms with E-state index in [-0.39, 0.29) is 0 Å². The Balaban J connectivity index is 1.76. The zero-order valence-electron chi connectivity index (χ0n) is 15.5. The Hall–Kier alpha value is -3.48. The lowest BCUT2D eigenvalue weighted by Crippen LogP contribution is -2.03. The predicted molar refractivity (Wildman–Crippen MR) is 105 cm³/mol. The average molecular weight is 366 g/mol. The Kier molecular flexibility index (Phi) is 5.94. The van der Waals surface area contributed by atoms with Gasteiger partial charge in [-0.05, 0) is 5.56 Å². The van der Waals surface area contributed by atoms with Crippen LogP contribution in [0.5, 0.6) is 17.2 Å². The molecule has 7 heteroatoms. The lowest BCUT2D eigenvalue weighted by Gasteiger charge is -2.15. The Labute approximate surface area is 158 Å². The summed E-state index contributed by atoms with van der Waals surface area (Å²) in [7, 11) is 4.73. The van der Waals surface area contributed by atoms with Gasteiger partial charge < -0.3 is 24.8 Å². The number of aromatic nitrogens is 2. The van der Waals surface area contributed by atoms with E-state index < -0.39 is 0 Å².